The molecule has 0 aliphatic carbocycles. The molecule has 4 heteroatoms. The second-order valence-corrected chi connectivity index (χ2v) is 4.82. The summed E-state index contributed by atoms with van der Waals surface area (Å²) in [4.78, 5) is 14.0. The molecule has 1 aromatic carbocycles. The number of ether oxygens (including phenoxy) is 1. The molecule has 2 rings (SSSR count). The minimum absolute atomic E-state index is 0.252. The predicted octanol–water partition coefficient (Wildman–Crippen LogP) is 2.51. The van der Waals surface area contributed by atoms with Gasteiger partial charge in [-0.1, -0.05) is 12.1 Å². The number of nitrogens with one attached hydrogen (secondary N) is 1. The molecule has 0 unspecified atom stereocenters. The number of rotatable bonds is 5. The Kier molecular flexibility index (Phi) is 5.07. The lowest BCUT2D eigenvalue weighted by Crippen LogP contribution is -2.36. The van der Waals surface area contributed by atoms with E-state index in [9.17, 15) is 4.79 Å². The summed E-state index contributed by atoms with van der Waals surface area (Å²) in [6.07, 6.45) is 4.08. The number of piperidine rings is 1. The first kappa shape index (κ1) is 13.7. The first-order valence-electron chi connectivity index (χ1n) is 6.96. The highest BCUT2D eigenvalue weighted by atomic mass is 16.5. The second kappa shape index (κ2) is 7.02. The smallest absolute Gasteiger partial charge is 0.224 e. The maximum atomic E-state index is 12.0. The number of amides is 1. The molecule has 1 N–H and O–H groups in total. The molecular weight excluding hydrogens is 240 g/mol. The van der Waals surface area contributed by atoms with Crippen LogP contribution >= 0.6 is 0 Å². The van der Waals surface area contributed by atoms with Crippen molar-refractivity contribution in [2.75, 3.05) is 32.1 Å². The molecule has 0 saturated carbocycles. The number of likely N-dealkylation sites (tertiary alicyclic amines) is 1. The van der Waals surface area contributed by atoms with Gasteiger partial charge in [0.15, 0.2) is 0 Å². The van der Waals surface area contributed by atoms with Crippen LogP contribution < -0.4 is 10.1 Å². The van der Waals surface area contributed by atoms with E-state index < -0.39 is 0 Å². The van der Waals surface area contributed by atoms with Crippen LogP contribution in [0.3, 0.4) is 0 Å². The number of anilines is 1. The molecule has 1 saturated heterocycles. The standard InChI is InChI=1S/C15H22N2O2/c1-19-14-8-4-3-7-13(14)16-10-9-15(18)17-11-5-2-6-12-17/h3-4,7-8,16H,2,5-6,9-12H2,1H3. The van der Waals surface area contributed by atoms with Gasteiger partial charge in [0.05, 0.1) is 12.8 Å². The Morgan fingerprint density at radius 2 is 2.00 bits per heavy atom. The first-order valence-corrected chi connectivity index (χ1v) is 6.96. The molecule has 19 heavy (non-hydrogen) atoms. The van der Waals surface area contributed by atoms with Crippen molar-refractivity contribution >= 4 is 11.6 Å². The van der Waals surface area contributed by atoms with Gasteiger partial charge in [-0.25, -0.2) is 0 Å². The van der Waals surface area contributed by atoms with Crippen LogP contribution in [-0.4, -0.2) is 37.6 Å². The van der Waals surface area contributed by atoms with Crippen LogP contribution in [0.15, 0.2) is 24.3 Å². The highest BCUT2D eigenvalue weighted by molar-refractivity contribution is 5.77. The summed E-state index contributed by atoms with van der Waals surface area (Å²) in [7, 11) is 1.65. The van der Waals surface area contributed by atoms with Gasteiger partial charge >= 0.3 is 0 Å². The Morgan fingerprint density at radius 1 is 1.26 bits per heavy atom. The Labute approximate surface area is 114 Å². The van der Waals surface area contributed by atoms with Crippen LogP contribution in [0.4, 0.5) is 5.69 Å². The fourth-order valence-electron chi connectivity index (χ4n) is 2.40. The van der Waals surface area contributed by atoms with E-state index in [-0.39, 0.29) is 5.91 Å². The molecule has 0 bridgehead atoms. The molecule has 0 atom stereocenters. The average Bonchev–Trinajstić information content (AvgIpc) is 2.48. The Hall–Kier alpha value is -1.71. The van der Waals surface area contributed by atoms with E-state index in [1.807, 2.05) is 29.2 Å². The van der Waals surface area contributed by atoms with Gasteiger partial charge in [-0.3, -0.25) is 4.79 Å². The lowest BCUT2D eigenvalue weighted by atomic mass is 10.1. The van der Waals surface area contributed by atoms with E-state index >= 15 is 0 Å². The van der Waals surface area contributed by atoms with Crippen LogP contribution in [0.25, 0.3) is 0 Å². The summed E-state index contributed by atoms with van der Waals surface area (Å²) in [6.45, 7) is 2.50. The molecule has 0 radical (unpaired) electrons. The monoisotopic (exact) mass is 262 g/mol. The zero-order valence-electron chi connectivity index (χ0n) is 11.5. The predicted molar refractivity (Wildman–Crippen MR) is 76.5 cm³/mol. The van der Waals surface area contributed by atoms with Crippen molar-refractivity contribution in [2.24, 2.45) is 0 Å². The normalized spacial score (nSPS) is 15.1. The molecular formula is C15H22N2O2. The molecule has 104 valence electrons. The number of para-hydroxylation sites is 2. The van der Waals surface area contributed by atoms with Gasteiger partial charge in [0, 0.05) is 26.1 Å². The number of carbonyl (C=O) groups is 1. The van der Waals surface area contributed by atoms with Gasteiger partial charge in [-0.2, -0.15) is 0 Å². The van der Waals surface area contributed by atoms with Crippen LogP contribution in [0.5, 0.6) is 5.75 Å². The molecule has 0 spiro atoms. The summed E-state index contributed by atoms with van der Waals surface area (Å²) < 4.78 is 5.26. The maximum Gasteiger partial charge on any atom is 0.224 e. The molecule has 1 aliphatic heterocycles. The zero-order chi connectivity index (χ0) is 13.5. The minimum atomic E-state index is 0.252. The molecule has 1 aliphatic rings. The first-order chi connectivity index (χ1) is 9.31. The van der Waals surface area contributed by atoms with Gasteiger partial charge in [0.2, 0.25) is 5.91 Å². The Morgan fingerprint density at radius 3 is 2.74 bits per heavy atom. The topological polar surface area (TPSA) is 41.6 Å². The summed E-state index contributed by atoms with van der Waals surface area (Å²) in [6, 6.07) is 7.76. The number of benzene rings is 1. The van der Waals surface area contributed by atoms with Crippen molar-refractivity contribution in [3.63, 3.8) is 0 Å². The van der Waals surface area contributed by atoms with Crippen LogP contribution in [-0.2, 0) is 4.79 Å². The largest absolute Gasteiger partial charge is 0.495 e. The van der Waals surface area contributed by atoms with E-state index in [1.165, 1.54) is 6.42 Å². The summed E-state index contributed by atoms with van der Waals surface area (Å²) >= 11 is 0. The Bertz CT molecular complexity index is 414. The minimum Gasteiger partial charge on any atom is -0.495 e. The van der Waals surface area contributed by atoms with E-state index in [1.54, 1.807) is 7.11 Å². The van der Waals surface area contributed by atoms with Crippen molar-refractivity contribution in [1.82, 2.24) is 4.90 Å². The zero-order valence-corrected chi connectivity index (χ0v) is 11.5. The van der Waals surface area contributed by atoms with Gasteiger partial charge in [0.25, 0.3) is 0 Å². The van der Waals surface area contributed by atoms with Crippen molar-refractivity contribution in [2.45, 2.75) is 25.7 Å². The van der Waals surface area contributed by atoms with Gasteiger partial charge in [-0.15, -0.1) is 0 Å². The molecule has 1 aromatic rings. The van der Waals surface area contributed by atoms with E-state index in [2.05, 4.69) is 5.32 Å². The number of hydrogen-bond acceptors (Lipinski definition) is 3. The van der Waals surface area contributed by atoms with Crippen LogP contribution in [0.1, 0.15) is 25.7 Å². The molecule has 4 nitrogen and oxygen atoms in total. The fraction of sp³-hybridized carbons (Fsp3) is 0.533. The third-order valence-corrected chi connectivity index (χ3v) is 3.47. The summed E-state index contributed by atoms with van der Waals surface area (Å²) in [5.74, 6) is 1.06. The van der Waals surface area contributed by atoms with Crippen LogP contribution in [0.2, 0.25) is 0 Å². The Balaban J connectivity index is 1.78. The van der Waals surface area contributed by atoms with Crippen molar-refractivity contribution in [3.05, 3.63) is 24.3 Å². The number of nitrogens with zero attached hydrogens (tertiary/aromatic N) is 1. The van der Waals surface area contributed by atoms with Gasteiger partial charge in [0.1, 0.15) is 5.75 Å². The van der Waals surface area contributed by atoms with E-state index in [0.717, 1.165) is 37.4 Å². The number of hydrogen-bond donors (Lipinski definition) is 1. The lowest BCUT2D eigenvalue weighted by Gasteiger charge is -2.26. The molecule has 0 aromatic heterocycles. The lowest BCUT2D eigenvalue weighted by molar-refractivity contribution is -0.131. The third kappa shape index (κ3) is 3.88. The molecule has 1 fully saturated rings. The number of methoxy groups -OCH3 is 1. The second-order valence-electron chi connectivity index (χ2n) is 4.82. The van der Waals surface area contributed by atoms with Crippen molar-refractivity contribution in [1.29, 1.82) is 0 Å². The SMILES string of the molecule is COc1ccccc1NCCC(=O)N1CCCCC1. The fourth-order valence-corrected chi connectivity index (χ4v) is 2.40. The molecule has 1 amide bonds. The highest BCUT2D eigenvalue weighted by Gasteiger charge is 2.15. The van der Waals surface area contributed by atoms with E-state index in [4.69, 9.17) is 4.74 Å². The third-order valence-electron chi connectivity index (χ3n) is 3.47. The van der Waals surface area contributed by atoms with Crippen LogP contribution in [0, 0.1) is 0 Å². The quantitative estimate of drug-likeness (QED) is 0.886. The van der Waals surface area contributed by atoms with Crippen molar-refractivity contribution < 1.29 is 9.53 Å². The highest BCUT2D eigenvalue weighted by Crippen LogP contribution is 2.22. The molecule has 1 heterocycles. The maximum absolute atomic E-state index is 12.0. The summed E-state index contributed by atoms with van der Waals surface area (Å²) in [5, 5.41) is 3.26. The number of carbonyl (C=O) groups excluding carboxylic acids is 1. The van der Waals surface area contributed by atoms with E-state index in [0.29, 0.717) is 13.0 Å². The van der Waals surface area contributed by atoms with Crippen molar-refractivity contribution in [3.8, 4) is 5.75 Å². The average molecular weight is 262 g/mol. The van der Waals surface area contributed by atoms with Gasteiger partial charge < -0.3 is 15.0 Å². The summed E-state index contributed by atoms with van der Waals surface area (Å²) in [5.41, 5.74) is 0.941. The van der Waals surface area contributed by atoms with Gasteiger partial charge in [-0.05, 0) is 31.4 Å².